The summed E-state index contributed by atoms with van der Waals surface area (Å²) in [5.74, 6) is 0.0718. The Kier molecular flexibility index (Phi) is 8.29. The smallest absolute Gasteiger partial charge is 0.390 e. The maximum atomic E-state index is 13.2. The summed E-state index contributed by atoms with van der Waals surface area (Å²) in [4.78, 5) is 16.8. The molecule has 1 fully saturated rings. The molecular formula is C30H33ClF3N5O4S. The lowest BCUT2D eigenvalue weighted by molar-refractivity contribution is -0.137. The van der Waals surface area contributed by atoms with Gasteiger partial charge in [0, 0.05) is 72.7 Å². The lowest BCUT2D eigenvalue weighted by atomic mass is 10.0. The predicted octanol–water partition coefficient (Wildman–Crippen LogP) is 3.95. The van der Waals surface area contributed by atoms with Crippen molar-refractivity contribution in [3.8, 4) is 11.3 Å². The fraction of sp³-hybridized carbons (Fsp3) is 0.467. The van der Waals surface area contributed by atoms with E-state index in [-0.39, 0.29) is 31.6 Å². The van der Waals surface area contributed by atoms with Crippen LogP contribution in [0.25, 0.3) is 11.3 Å². The van der Waals surface area contributed by atoms with Crippen LogP contribution in [0.3, 0.4) is 0 Å². The number of rotatable bonds is 7. The van der Waals surface area contributed by atoms with Crippen LogP contribution in [0.5, 0.6) is 0 Å². The van der Waals surface area contributed by atoms with Gasteiger partial charge in [-0.25, -0.2) is 8.42 Å². The second-order valence-corrected chi connectivity index (χ2v) is 14.2. The van der Waals surface area contributed by atoms with E-state index in [1.54, 1.807) is 10.7 Å². The maximum Gasteiger partial charge on any atom is 0.416 e. The van der Waals surface area contributed by atoms with Crippen LogP contribution in [0.15, 0.2) is 42.5 Å². The normalized spacial score (nSPS) is 19.3. The third-order valence-electron chi connectivity index (χ3n) is 8.74. The fourth-order valence-corrected chi connectivity index (χ4v) is 7.56. The lowest BCUT2D eigenvalue weighted by Crippen LogP contribution is -2.48. The number of hydrogen-bond donors (Lipinski definition) is 1. The predicted molar refractivity (Wildman–Crippen MR) is 160 cm³/mol. The van der Waals surface area contributed by atoms with Crippen LogP contribution in [0.1, 0.15) is 35.2 Å². The van der Waals surface area contributed by atoms with E-state index in [2.05, 4.69) is 10.00 Å². The largest absolute Gasteiger partial charge is 0.416 e. The summed E-state index contributed by atoms with van der Waals surface area (Å²) < 4.78 is 67.1. The van der Waals surface area contributed by atoms with Crippen LogP contribution >= 0.6 is 11.6 Å². The van der Waals surface area contributed by atoms with Gasteiger partial charge >= 0.3 is 6.18 Å². The van der Waals surface area contributed by atoms with Crippen molar-refractivity contribution in [2.24, 2.45) is 0 Å². The number of β-amino-alcohol motifs (C(OH)–C–C–N with tert-alkyl or cyclic N) is 1. The van der Waals surface area contributed by atoms with E-state index in [9.17, 15) is 31.5 Å². The van der Waals surface area contributed by atoms with E-state index in [1.165, 1.54) is 16.4 Å². The minimum absolute atomic E-state index is 0.0543. The Balaban J connectivity index is 1.15. The number of benzene rings is 2. The molecule has 236 valence electrons. The first-order valence-corrected chi connectivity index (χ1v) is 16.7. The summed E-state index contributed by atoms with van der Waals surface area (Å²) in [6, 6.07) is 10.3. The molecule has 0 bridgehead atoms. The highest BCUT2D eigenvalue weighted by atomic mass is 35.5. The van der Waals surface area contributed by atoms with Gasteiger partial charge in [-0.15, -0.1) is 0 Å². The van der Waals surface area contributed by atoms with Crippen LogP contribution in [0.2, 0.25) is 5.02 Å². The monoisotopic (exact) mass is 651 g/mol. The molecule has 0 aliphatic carbocycles. The second kappa shape index (κ2) is 11.8. The number of anilines is 1. The van der Waals surface area contributed by atoms with Crippen molar-refractivity contribution in [2.75, 3.05) is 37.3 Å². The summed E-state index contributed by atoms with van der Waals surface area (Å²) in [5, 5.41) is 16.4. The third-order valence-corrected chi connectivity index (χ3v) is 10.2. The van der Waals surface area contributed by atoms with E-state index < -0.39 is 27.9 Å². The molecule has 3 aromatic rings. The number of hydrogen-bond acceptors (Lipinski definition) is 6. The first-order chi connectivity index (χ1) is 20.8. The number of halogens is 4. The minimum Gasteiger partial charge on any atom is -0.390 e. The highest BCUT2D eigenvalue weighted by Gasteiger charge is 2.36. The third kappa shape index (κ3) is 6.25. The van der Waals surface area contributed by atoms with Gasteiger partial charge in [-0.3, -0.25) is 9.48 Å². The number of carbonyl (C=O) groups excluding carboxylic acids is 1. The number of aliphatic hydroxyl groups is 1. The van der Waals surface area contributed by atoms with E-state index >= 15 is 0 Å². The van der Waals surface area contributed by atoms with Crippen molar-refractivity contribution < 1.29 is 31.5 Å². The molecule has 3 aliphatic heterocycles. The Hall–Kier alpha value is -2.97. The molecule has 0 spiro atoms. The van der Waals surface area contributed by atoms with Gasteiger partial charge < -0.3 is 14.9 Å². The molecule has 44 heavy (non-hydrogen) atoms. The number of nitrogens with zero attached hydrogens (tertiary/aromatic N) is 5. The number of likely N-dealkylation sites (tertiary alicyclic amines) is 1. The van der Waals surface area contributed by atoms with Crippen molar-refractivity contribution in [1.29, 1.82) is 0 Å². The molecule has 3 aliphatic rings. The number of alkyl halides is 3. The number of sulfonamides is 1. The van der Waals surface area contributed by atoms with Gasteiger partial charge in [0.25, 0.3) is 0 Å². The van der Waals surface area contributed by atoms with Gasteiger partial charge in [0.2, 0.25) is 15.9 Å². The number of aromatic nitrogens is 2. The first-order valence-electron chi connectivity index (χ1n) is 14.5. The SMILES string of the molecule is CS(=O)(=O)N1CCc2c(c(-c3ccc(C(F)(F)F)cc3)nn2CC(O)CN2CCC(N3C(=O)Cc4cc(Cl)ccc43)CC2)C1. The van der Waals surface area contributed by atoms with Crippen molar-refractivity contribution in [2.45, 2.75) is 57.1 Å². The van der Waals surface area contributed by atoms with Crippen LogP contribution in [-0.4, -0.2) is 83.0 Å². The summed E-state index contributed by atoms with van der Waals surface area (Å²) >= 11 is 6.12. The van der Waals surface area contributed by atoms with Gasteiger partial charge in [-0.1, -0.05) is 23.7 Å². The number of piperidine rings is 1. The summed E-state index contributed by atoms with van der Waals surface area (Å²) in [6.45, 7) is 2.24. The highest BCUT2D eigenvalue weighted by Crippen LogP contribution is 2.36. The van der Waals surface area contributed by atoms with Crippen molar-refractivity contribution in [1.82, 2.24) is 19.0 Å². The zero-order valence-corrected chi connectivity index (χ0v) is 25.7. The number of aliphatic hydroxyl groups excluding tert-OH is 1. The average molecular weight is 652 g/mol. The summed E-state index contributed by atoms with van der Waals surface area (Å²) in [5.41, 5.74) is 3.33. The molecule has 1 N–H and O–H groups in total. The maximum absolute atomic E-state index is 13.2. The Morgan fingerprint density at radius 2 is 1.77 bits per heavy atom. The quantitative estimate of drug-likeness (QED) is 0.416. The molecule has 0 saturated carbocycles. The van der Waals surface area contributed by atoms with Crippen LogP contribution < -0.4 is 4.90 Å². The Labute approximate surface area is 258 Å². The lowest BCUT2D eigenvalue weighted by Gasteiger charge is -2.37. The number of amides is 1. The van der Waals surface area contributed by atoms with E-state index in [4.69, 9.17) is 11.6 Å². The van der Waals surface area contributed by atoms with Crippen molar-refractivity contribution in [3.63, 3.8) is 0 Å². The van der Waals surface area contributed by atoms with Crippen molar-refractivity contribution >= 4 is 33.2 Å². The van der Waals surface area contributed by atoms with Gasteiger partial charge in [0.15, 0.2) is 0 Å². The summed E-state index contributed by atoms with van der Waals surface area (Å²) in [7, 11) is -3.50. The molecule has 9 nitrogen and oxygen atoms in total. The molecule has 0 radical (unpaired) electrons. The molecule has 14 heteroatoms. The van der Waals surface area contributed by atoms with Crippen LogP contribution in [-0.2, 0) is 46.9 Å². The van der Waals surface area contributed by atoms with Gasteiger partial charge in [0.1, 0.15) is 0 Å². The van der Waals surface area contributed by atoms with Gasteiger partial charge in [-0.2, -0.15) is 22.6 Å². The molecule has 1 unspecified atom stereocenters. The Morgan fingerprint density at radius 3 is 2.43 bits per heavy atom. The van der Waals surface area contributed by atoms with Crippen LogP contribution in [0.4, 0.5) is 18.9 Å². The standard InChI is InChI=1S/C30H33ClF3N5O4S/c1-44(42,43)37-13-10-27-25(18-37)29(19-2-4-21(5-3-19)30(32,33)34)35-38(27)17-24(40)16-36-11-8-23(9-12-36)39-26-7-6-22(31)14-20(26)15-28(39)41/h2-7,14,23-24,40H,8-13,15-18H2,1H3. The summed E-state index contributed by atoms with van der Waals surface area (Å²) in [6.07, 6.45) is -1.91. The second-order valence-electron chi connectivity index (χ2n) is 11.8. The molecule has 1 saturated heterocycles. The molecule has 6 rings (SSSR count). The molecule has 1 amide bonds. The molecule has 1 aromatic heterocycles. The van der Waals surface area contributed by atoms with Crippen LogP contribution in [0, 0.1) is 0 Å². The number of fused-ring (bicyclic) bond motifs is 2. The minimum atomic E-state index is -4.48. The van der Waals surface area contributed by atoms with Gasteiger partial charge in [-0.05, 0) is 48.7 Å². The zero-order valence-electron chi connectivity index (χ0n) is 24.1. The Bertz CT molecular complexity index is 1670. The molecule has 4 heterocycles. The highest BCUT2D eigenvalue weighted by molar-refractivity contribution is 7.88. The molecule has 2 aromatic carbocycles. The van der Waals surface area contributed by atoms with E-state index in [1.807, 2.05) is 17.0 Å². The Morgan fingerprint density at radius 1 is 1.07 bits per heavy atom. The van der Waals surface area contributed by atoms with Gasteiger partial charge in [0.05, 0.1) is 36.6 Å². The number of carbonyl (C=O) groups is 1. The first kappa shape index (κ1) is 31.0. The average Bonchev–Trinajstić information content (AvgIpc) is 3.48. The van der Waals surface area contributed by atoms with E-state index in [0.717, 1.165) is 48.2 Å². The molecule has 1 atom stereocenters. The topological polar surface area (TPSA) is 99.0 Å². The fourth-order valence-electron chi connectivity index (χ4n) is 6.58. The van der Waals surface area contributed by atoms with Crippen molar-refractivity contribution in [3.05, 3.63) is 69.9 Å². The zero-order chi connectivity index (χ0) is 31.4. The molecular weight excluding hydrogens is 619 g/mol. The van der Waals surface area contributed by atoms with E-state index in [0.29, 0.717) is 54.3 Å².